The lowest BCUT2D eigenvalue weighted by atomic mass is 10.1. The first-order chi connectivity index (χ1) is 14.2. The molecular weight excluding hydrogens is 402 g/mol. The maximum absolute atomic E-state index is 12.7. The molecule has 1 N–H and O–H groups in total. The number of imidazole rings is 1. The Morgan fingerprint density at radius 3 is 2.77 bits per heavy atom. The van der Waals surface area contributed by atoms with Gasteiger partial charge in [0.2, 0.25) is 5.91 Å². The Kier molecular flexibility index (Phi) is 5.40. The van der Waals surface area contributed by atoms with Crippen LogP contribution in [0.1, 0.15) is 41.7 Å². The van der Waals surface area contributed by atoms with Crippen LogP contribution in [0.5, 0.6) is 0 Å². The third-order valence-corrected chi connectivity index (χ3v) is 7.61. The van der Waals surface area contributed by atoms with E-state index in [4.69, 9.17) is 0 Å². The van der Waals surface area contributed by atoms with E-state index in [9.17, 15) is 13.2 Å². The average Bonchev–Trinajstić information content (AvgIpc) is 3.36. The summed E-state index contributed by atoms with van der Waals surface area (Å²) in [6.45, 7) is 4.32. The zero-order valence-electron chi connectivity index (χ0n) is 17.6. The summed E-state index contributed by atoms with van der Waals surface area (Å²) in [5.74, 6) is 1.19. The molecular formula is C21H27N5O3S. The third kappa shape index (κ3) is 4.12. The highest BCUT2D eigenvalue weighted by atomic mass is 32.2. The van der Waals surface area contributed by atoms with Crippen molar-refractivity contribution in [2.45, 2.75) is 45.7 Å². The van der Waals surface area contributed by atoms with Crippen molar-refractivity contribution in [2.24, 2.45) is 0 Å². The largest absolute Gasteiger partial charge is 0.342 e. The summed E-state index contributed by atoms with van der Waals surface area (Å²) in [5.41, 5.74) is 4.64. The van der Waals surface area contributed by atoms with Crippen molar-refractivity contribution < 1.29 is 13.2 Å². The molecule has 1 aliphatic heterocycles. The zero-order chi connectivity index (χ0) is 21.5. The van der Waals surface area contributed by atoms with E-state index in [1.54, 1.807) is 11.9 Å². The van der Waals surface area contributed by atoms with Gasteiger partial charge in [-0.15, -0.1) is 0 Å². The molecule has 1 aromatic carbocycles. The molecule has 2 aromatic heterocycles. The van der Waals surface area contributed by atoms with Crippen LogP contribution in [0.2, 0.25) is 0 Å². The van der Waals surface area contributed by atoms with Crippen LogP contribution < -0.4 is 0 Å². The summed E-state index contributed by atoms with van der Waals surface area (Å²) >= 11 is 0. The fourth-order valence-corrected chi connectivity index (χ4v) is 5.81. The number of rotatable bonds is 6. The number of para-hydroxylation sites is 2. The number of aromatic amines is 1. The van der Waals surface area contributed by atoms with Crippen molar-refractivity contribution in [3.8, 4) is 0 Å². The molecule has 160 valence electrons. The van der Waals surface area contributed by atoms with E-state index < -0.39 is 9.84 Å². The number of amides is 1. The second-order valence-corrected chi connectivity index (χ2v) is 10.3. The van der Waals surface area contributed by atoms with E-state index in [0.29, 0.717) is 25.8 Å². The fraction of sp³-hybridized carbons (Fsp3) is 0.476. The van der Waals surface area contributed by atoms with Crippen LogP contribution in [0.25, 0.3) is 11.0 Å². The summed E-state index contributed by atoms with van der Waals surface area (Å²) in [6, 6.07) is 7.70. The monoisotopic (exact) mass is 429 g/mol. The number of nitrogens with one attached hydrogen (secondary N) is 1. The van der Waals surface area contributed by atoms with Crippen LogP contribution in [-0.2, 0) is 27.6 Å². The second kappa shape index (κ2) is 7.86. The van der Waals surface area contributed by atoms with Crippen LogP contribution in [0.15, 0.2) is 24.3 Å². The molecule has 0 spiro atoms. The number of hydrogen-bond donors (Lipinski definition) is 1. The van der Waals surface area contributed by atoms with Gasteiger partial charge in [0.05, 0.1) is 34.3 Å². The summed E-state index contributed by atoms with van der Waals surface area (Å²) in [7, 11) is -1.19. The van der Waals surface area contributed by atoms with Gasteiger partial charge in [-0.3, -0.25) is 9.48 Å². The molecule has 0 saturated carbocycles. The van der Waals surface area contributed by atoms with Gasteiger partial charge in [-0.2, -0.15) is 5.10 Å². The van der Waals surface area contributed by atoms with E-state index in [1.807, 2.05) is 42.8 Å². The zero-order valence-corrected chi connectivity index (χ0v) is 18.4. The minimum Gasteiger partial charge on any atom is -0.342 e. The van der Waals surface area contributed by atoms with Gasteiger partial charge in [0.25, 0.3) is 0 Å². The highest BCUT2D eigenvalue weighted by Gasteiger charge is 2.31. The Bertz CT molecular complexity index is 1160. The quantitative estimate of drug-likeness (QED) is 0.648. The van der Waals surface area contributed by atoms with Gasteiger partial charge in [-0.25, -0.2) is 13.4 Å². The number of hydrogen-bond acceptors (Lipinski definition) is 5. The number of aromatic nitrogens is 4. The van der Waals surface area contributed by atoms with E-state index in [2.05, 4.69) is 15.1 Å². The topological polar surface area (TPSA) is 101 Å². The number of carbonyl (C=O) groups excluding carboxylic acids is 1. The summed E-state index contributed by atoms with van der Waals surface area (Å²) in [5, 5.41) is 4.59. The predicted octanol–water partition coefficient (Wildman–Crippen LogP) is 2.33. The molecule has 1 fully saturated rings. The second-order valence-electron chi connectivity index (χ2n) is 8.10. The molecule has 8 nitrogen and oxygen atoms in total. The summed E-state index contributed by atoms with van der Waals surface area (Å²) < 4.78 is 25.5. The SMILES string of the molecule is Cc1nn(C2CCS(=O)(=O)C2)c(C)c1CN(C)C(=O)CCc1nc2ccccc2[nH]1. The van der Waals surface area contributed by atoms with Crippen LogP contribution in [0, 0.1) is 13.8 Å². The number of sulfone groups is 1. The maximum Gasteiger partial charge on any atom is 0.223 e. The lowest BCUT2D eigenvalue weighted by molar-refractivity contribution is -0.130. The standard InChI is InChI=1S/C21H27N5O3S/c1-14-17(15(2)26(24-14)16-10-11-30(28,29)13-16)12-25(3)21(27)9-8-20-22-18-6-4-5-7-19(18)23-20/h4-7,16H,8-13H2,1-3H3,(H,22,23). The van der Waals surface area contributed by atoms with E-state index in [-0.39, 0.29) is 23.5 Å². The van der Waals surface area contributed by atoms with Gasteiger partial charge in [-0.05, 0) is 32.4 Å². The molecule has 1 atom stereocenters. The number of carbonyl (C=O) groups is 1. The molecule has 1 amide bonds. The first kappa shape index (κ1) is 20.6. The molecule has 1 unspecified atom stereocenters. The molecule has 0 radical (unpaired) electrons. The average molecular weight is 430 g/mol. The lowest BCUT2D eigenvalue weighted by Crippen LogP contribution is -2.27. The van der Waals surface area contributed by atoms with Crippen molar-refractivity contribution in [1.82, 2.24) is 24.6 Å². The Hall–Kier alpha value is -2.68. The first-order valence-corrected chi connectivity index (χ1v) is 12.0. The molecule has 9 heteroatoms. The maximum atomic E-state index is 12.7. The number of aryl methyl sites for hydroxylation is 2. The molecule has 0 aliphatic carbocycles. The minimum absolute atomic E-state index is 0.0328. The Labute approximate surface area is 176 Å². The van der Waals surface area contributed by atoms with Gasteiger partial charge in [0, 0.05) is 37.7 Å². The number of H-pyrrole nitrogens is 1. The van der Waals surface area contributed by atoms with Crippen molar-refractivity contribution in [3.05, 3.63) is 47.0 Å². The van der Waals surface area contributed by atoms with Crippen LogP contribution in [-0.4, -0.2) is 57.5 Å². The Balaban J connectivity index is 1.40. The van der Waals surface area contributed by atoms with Crippen molar-refractivity contribution in [2.75, 3.05) is 18.6 Å². The van der Waals surface area contributed by atoms with Gasteiger partial charge in [0.1, 0.15) is 5.82 Å². The molecule has 1 aliphatic rings. The van der Waals surface area contributed by atoms with Gasteiger partial charge >= 0.3 is 0 Å². The predicted molar refractivity (Wildman–Crippen MR) is 115 cm³/mol. The number of benzene rings is 1. The lowest BCUT2D eigenvalue weighted by Gasteiger charge is -2.18. The minimum atomic E-state index is -2.98. The van der Waals surface area contributed by atoms with Crippen LogP contribution >= 0.6 is 0 Å². The highest BCUT2D eigenvalue weighted by Crippen LogP contribution is 2.27. The van der Waals surface area contributed by atoms with E-state index >= 15 is 0 Å². The molecule has 3 aromatic rings. The van der Waals surface area contributed by atoms with Gasteiger partial charge < -0.3 is 9.88 Å². The molecule has 3 heterocycles. The molecule has 4 rings (SSSR count). The van der Waals surface area contributed by atoms with Gasteiger partial charge in [-0.1, -0.05) is 12.1 Å². The summed E-state index contributed by atoms with van der Waals surface area (Å²) in [6.07, 6.45) is 1.51. The molecule has 1 saturated heterocycles. The fourth-order valence-electron chi connectivity index (χ4n) is 4.12. The van der Waals surface area contributed by atoms with Crippen molar-refractivity contribution in [3.63, 3.8) is 0 Å². The number of fused-ring (bicyclic) bond motifs is 1. The normalized spacial score (nSPS) is 18.2. The molecule has 0 bridgehead atoms. The van der Waals surface area contributed by atoms with E-state index in [0.717, 1.165) is 33.8 Å². The first-order valence-electron chi connectivity index (χ1n) is 10.2. The smallest absolute Gasteiger partial charge is 0.223 e. The van der Waals surface area contributed by atoms with Gasteiger partial charge in [0.15, 0.2) is 9.84 Å². The van der Waals surface area contributed by atoms with Crippen LogP contribution in [0.4, 0.5) is 0 Å². The Morgan fingerprint density at radius 2 is 2.07 bits per heavy atom. The highest BCUT2D eigenvalue weighted by molar-refractivity contribution is 7.91. The van der Waals surface area contributed by atoms with Crippen LogP contribution in [0.3, 0.4) is 0 Å². The number of nitrogens with zero attached hydrogens (tertiary/aromatic N) is 4. The summed E-state index contributed by atoms with van der Waals surface area (Å²) in [4.78, 5) is 22.2. The molecule has 30 heavy (non-hydrogen) atoms. The van der Waals surface area contributed by atoms with Crippen molar-refractivity contribution >= 4 is 26.8 Å². The van der Waals surface area contributed by atoms with E-state index in [1.165, 1.54) is 0 Å². The van der Waals surface area contributed by atoms with Crippen molar-refractivity contribution in [1.29, 1.82) is 0 Å². The third-order valence-electron chi connectivity index (χ3n) is 5.86. The Morgan fingerprint density at radius 1 is 1.30 bits per heavy atom.